The van der Waals surface area contributed by atoms with Gasteiger partial charge in [0.15, 0.2) is 6.29 Å². The molecular formula is C48H86O12S. The molecule has 0 aromatic carbocycles. The zero-order valence-electron chi connectivity index (χ0n) is 38.0. The first-order chi connectivity index (χ1) is 29.6. The molecule has 0 aromatic heterocycles. The van der Waals surface area contributed by atoms with Crippen molar-refractivity contribution in [1.82, 2.24) is 0 Å². The largest absolute Gasteiger partial charge is 0.457 e. The van der Waals surface area contributed by atoms with Crippen molar-refractivity contribution < 1.29 is 56.2 Å². The Kier molecular flexibility index (Phi) is 37.1. The van der Waals surface area contributed by atoms with Gasteiger partial charge in [-0.05, 0) is 77.0 Å². The van der Waals surface area contributed by atoms with Crippen LogP contribution in [0.5, 0.6) is 0 Å². The Morgan fingerprint density at radius 3 is 1.59 bits per heavy atom. The van der Waals surface area contributed by atoms with E-state index < -0.39 is 59.8 Å². The fraction of sp³-hybridized carbons (Fsp3) is 0.812. The van der Waals surface area contributed by atoms with Gasteiger partial charge >= 0.3 is 16.4 Å². The van der Waals surface area contributed by atoms with E-state index in [4.69, 9.17) is 23.5 Å². The van der Waals surface area contributed by atoms with Gasteiger partial charge in [-0.1, -0.05) is 152 Å². The molecule has 0 saturated carbocycles. The van der Waals surface area contributed by atoms with Crippen molar-refractivity contribution in [3.63, 3.8) is 0 Å². The van der Waals surface area contributed by atoms with Crippen LogP contribution in [0.4, 0.5) is 0 Å². The van der Waals surface area contributed by atoms with Crippen molar-refractivity contribution in [2.24, 2.45) is 0 Å². The van der Waals surface area contributed by atoms with E-state index >= 15 is 0 Å². The topological polar surface area (TPSA) is 178 Å². The Morgan fingerprint density at radius 1 is 0.623 bits per heavy atom. The third-order valence-electron chi connectivity index (χ3n) is 10.7. The summed E-state index contributed by atoms with van der Waals surface area (Å²) >= 11 is 0. The second-order valence-electron chi connectivity index (χ2n) is 16.3. The molecule has 0 amide bonds. The van der Waals surface area contributed by atoms with Crippen LogP contribution in [-0.4, -0.2) is 97.5 Å². The van der Waals surface area contributed by atoms with E-state index in [1.165, 1.54) is 83.5 Å². The number of unbranched alkanes of at least 4 members (excludes halogenated alkanes) is 20. The lowest BCUT2D eigenvalue weighted by Crippen LogP contribution is -2.60. The van der Waals surface area contributed by atoms with Crippen molar-refractivity contribution in [3.8, 4) is 0 Å². The van der Waals surface area contributed by atoms with Crippen LogP contribution in [0.15, 0.2) is 48.6 Å². The Balaban J connectivity index is 2.42. The molecule has 0 spiro atoms. The van der Waals surface area contributed by atoms with E-state index in [0.29, 0.717) is 13.0 Å². The van der Waals surface area contributed by atoms with Gasteiger partial charge in [0.2, 0.25) is 0 Å². The van der Waals surface area contributed by atoms with Gasteiger partial charge in [0.25, 0.3) is 0 Å². The monoisotopic (exact) mass is 887 g/mol. The van der Waals surface area contributed by atoms with Crippen LogP contribution >= 0.6 is 0 Å². The molecule has 1 aliphatic rings. The molecule has 4 N–H and O–H groups in total. The predicted molar refractivity (Wildman–Crippen MR) is 243 cm³/mol. The number of hydrogen-bond donors (Lipinski definition) is 4. The number of carbonyl (C=O) groups is 1. The quantitative estimate of drug-likeness (QED) is 0.0198. The van der Waals surface area contributed by atoms with E-state index in [2.05, 4.69) is 66.6 Å². The van der Waals surface area contributed by atoms with E-state index in [-0.39, 0.29) is 19.6 Å². The van der Waals surface area contributed by atoms with Crippen molar-refractivity contribution in [3.05, 3.63) is 48.6 Å². The fourth-order valence-electron chi connectivity index (χ4n) is 7.03. The minimum atomic E-state index is -5.07. The number of ether oxygens (including phenoxy) is 4. The molecule has 0 bridgehead atoms. The summed E-state index contributed by atoms with van der Waals surface area (Å²) in [5.74, 6) is -0.416. The molecule has 0 radical (unpaired) electrons. The smallest absolute Gasteiger partial charge is 0.397 e. The highest BCUT2D eigenvalue weighted by molar-refractivity contribution is 7.80. The highest BCUT2D eigenvalue weighted by Gasteiger charge is 2.48. The van der Waals surface area contributed by atoms with Crippen molar-refractivity contribution in [1.29, 1.82) is 0 Å². The van der Waals surface area contributed by atoms with Gasteiger partial charge in [0.1, 0.15) is 30.5 Å². The molecular weight excluding hydrogens is 801 g/mol. The molecule has 1 saturated heterocycles. The number of esters is 1. The van der Waals surface area contributed by atoms with E-state index in [0.717, 1.165) is 77.0 Å². The van der Waals surface area contributed by atoms with Gasteiger partial charge in [0.05, 0.1) is 19.8 Å². The summed E-state index contributed by atoms with van der Waals surface area (Å²) in [6.45, 7) is 3.92. The molecule has 6 unspecified atom stereocenters. The Labute approximate surface area is 370 Å². The molecule has 1 aliphatic heterocycles. The summed E-state index contributed by atoms with van der Waals surface area (Å²) in [5.41, 5.74) is 0. The highest BCUT2D eigenvalue weighted by Crippen LogP contribution is 2.26. The lowest BCUT2D eigenvalue weighted by atomic mass is 9.99. The second-order valence-corrected chi connectivity index (χ2v) is 17.4. The Hall–Kier alpha value is -1.94. The van der Waals surface area contributed by atoms with Crippen LogP contribution in [0, 0.1) is 0 Å². The van der Waals surface area contributed by atoms with E-state index in [1.54, 1.807) is 0 Å². The number of hydrogen-bond acceptors (Lipinski definition) is 11. The van der Waals surface area contributed by atoms with Crippen LogP contribution in [0.3, 0.4) is 0 Å². The van der Waals surface area contributed by atoms with Gasteiger partial charge < -0.3 is 34.3 Å². The zero-order valence-corrected chi connectivity index (χ0v) is 38.8. The molecule has 356 valence electrons. The molecule has 61 heavy (non-hydrogen) atoms. The molecule has 1 fully saturated rings. The summed E-state index contributed by atoms with van der Waals surface area (Å²) < 4.78 is 59.1. The van der Waals surface area contributed by atoms with Crippen LogP contribution in [-0.2, 0) is 38.3 Å². The van der Waals surface area contributed by atoms with Gasteiger partial charge in [-0.3, -0.25) is 9.35 Å². The molecule has 6 atom stereocenters. The van der Waals surface area contributed by atoms with E-state index in [9.17, 15) is 28.5 Å². The lowest BCUT2D eigenvalue weighted by Gasteiger charge is -2.41. The SMILES string of the molecule is CCCCC/C=C\C/C=C\CCCCCCCCCCOCC(COC1OC(CO)C(O)C(OS(=O)(=O)O)C1O)OC(=O)CCCCCCC/C=C\C/C=C\CCCCCC. The standard InChI is InChI=1S/C48H86O12S/c1-3-5-7-9-11-13-15-17-19-21-22-24-26-28-30-32-34-36-38-56-40-42(41-57-48-46(52)47(60-61(53,54)55)45(51)43(39-49)59-48)58-44(50)37-35-33-31-29-27-25-23-20-18-16-14-12-10-8-6-4-2/h11,13-14,16-17,19-20,23,42-43,45-49,51-52H,3-10,12,15,18,21-22,24-41H2,1-2H3,(H,53,54,55)/b13-11-,16-14-,19-17-,23-20-. The van der Waals surface area contributed by atoms with Crippen LogP contribution in [0.25, 0.3) is 0 Å². The summed E-state index contributed by atoms with van der Waals surface area (Å²) in [7, 11) is -5.07. The first kappa shape index (κ1) is 57.1. The van der Waals surface area contributed by atoms with E-state index in [1.807, 2.05) is 0 Å². The molecule has 0 aliphatic carbocycles. The first-order valence-corrected chi connectivity index (χ1v) is 25.3. The third-order valence-corrected chi connectivity index (χ3v) is 11.1. The molecule has 1 rings (SSSR count). The second kappa shape index (κ2) is 39.6. The van der Waals surface area contributed by atoms with Crippen LogP contribution in [0.2, 0.25) is 0 Å². The highest BCUT2D eigenvalue weighted by atomic mass is 32.3. The summed E-state index contributed by atoms with van der Waals surface area (Å²) in [6, 6.07) is 0. The maximum Gasteiger partial charge on any atom is 0.397 e. The van der Waals surface area contributed by atoms with Crippen molar-refractivity contribution >= 4 is 16.4 Å². The van der Waals surface area contributed by atoms with Crippen LogP contribution in [0.1, 0.15) is 187 Å². The average Bonchev–Trinajstić information content (AvgIpc) is 3.23. The number of carbonyl (C=O) groups excluding carboxylic acids is 1. The molecule has 12 nitrogen and oxygen atoms in total. The van der Waals surface area contributed by atoms with Crippen molar-refractivity contribution in [2.45, 2.75) is 224 Å². The van der Waals surface area contributed by atoms with Crippen LogP contribution < -0.4 is 0 Å². The third kappa shape index (κ3) is 33.3. The van der Waals surface area contributed by atoms with Gasteiger partial charge in [-0.2, -0.15) is 8.42 Å². The number of rotatable bonds is 41. The first-order valence-electron chi connectivity index (χ1n) is 23.9. The minimum absolute atomic E-state index is 0.0253. The number of aliphatic hydroxyl groups excluding tert-OH is 3. The van der Waals surface area contributed by atoms with Crippen molar-refractivity contribution in [2.75, 3.05) is 26.4 Å². The predicted octanol–water partition coefficient (Wildman–Crippen LogP) is 10.4. The maximum absolute atomic E-state index is 12.9. The Morgan fingerprint density at radius 2 is 1.08 bits per heavy atom. The lowest BCUT2D eigenvalue weighted by molar-refractivity contribution is -0.301. The Bertz CT molecular complexity index is 1250. The number of allylic oxidation sites excluding steroid dienone is 8. The normalized spacial score (nSPS) is 20.5. The minimum Gasteiger partial charge on any atom is -0.457 e. The average molecular weight is 887 g/mol. The number of aliphatic hydroxyl groups is 3. The van der Waals surface area contributed by atoms with Gasteiger partial charge in [0, 0.05) is 13.0 Å². The van der Waals surface area contributed by atoms with Gasteiger partial charge in [-0.25, -0.2) is 4.18 Å². The fourth-order valence-corrected chi connectivity index (χ4v) is 7.53. The molecule has 1 heterocycles. The van der Waals surface area contributed by atoms with Gasteiger partial charge in [-0.15, -0.1) is 0 Å². The summed E-state index contributed by atoms with van der Waals surface area (Å²) in [4.78, 5) is 12.9. The summed E-state index contributed by atoms with van der Waals surface area (Å²) in [6.07, 6.45) is 38.5. The maximum atomic E-state index is 12.9. The summed E-state index contributed by atoms with van der Waals surface area (Å²) in [5, 5.41) is 30.7. The zero-order chi connectivity index (χ0) is 44.7. The molecule has 0 aromatic rings. The molecule has 13 heteroatoms.